The van der Waals surface area contributed by atoms with Crippen LogP contribution in [0.25, 0.3) is 0 Å². The largest absolute Gasteiger partial charge is 0.481 e. The van der Waals surface area contributed by atoms with Gasteiger partial charge in [-0.1, -0.05) is 20.3 Å². The maximum atomic E-state index is 10.6. The summed E-state index contributed by atoms with van der Waals surface area (Å²) >= 11 is 0. The van der Waals surface area contributed by atoms with Crippen LogP contribution in [0.15, 0.2) is 0 Å². The first kappa shape index (κ1) is 12.1. The van der Waals surface area contributed by atoms with Gasteiger partial charge in [0, 0.05) is 18.0 Å². The summed E-state index contributed by atoms with van der Waals surface area (Å²) in [6.07, 6.45) is 4.42. The second-order valence-electron chi connectivity index (χ2n) is 5.16. The number of carbonyl (C=O) groups is 1. The molecule has 17 heavy (non-hydrogen) atoms. The van der Waals surface area contributed by atoms with Crippen LogP contribution in [0.2, 0.25) is 0 Å². The Labute approximate surface area is 101 Å². The van der Waals surface area contributed by atoms with E-state index in [2.05, 4.69) is 23.8 Å². The van der Waals surface area contributed by atoms with E-state index in [0.29, 0.717) is 18.3 Å². The smallest absolute Gasteiger partial charge is 0.303 e. The molecule has 0 bridgehead atoms. The molecule has 2 N–H and O–H groups in total. The van der Waals surface area contributed by atoms with Crippen LogP contribution in [-0.4, -0.2) is 21.0 Å². The Morgan fingerprint density at radius 3 is 2.71 bits per heavy atom. The van der Waals surface area contributed by atoms with Gasteiger partial charge >= 0.3 is 5.97 Å². The molecule has 0 saturated heterocycles. The third-order valence-electron chi connectivity index (χ3n) is 3.45. The van der Waals surface area contributed by atoms with E-state index in [1.807, 2.05) is 0 Å². The van der Waals surface area contributed by atoms with Crippen molar-refractivity contribution in [1.29, 1.82) is 0 Å². The molecule has 4 nitrogen and oxygen atoms in total. The van der Waals surface area contributed by atoms with Crippen molar-refractivity contribution in [3.63, 3.8) is 0 Å². The molecule has 2 rings (SSSR count). The van der Waals surface area contributed by atoms with Crippen molar-refractivity contribution >= 4 is 5.97 Å². The minimum Gasteiger partial charge on any atom is -0.481 e. The van der Waals surface area contributed by atoms with Crippen LogP contribution in [0, 0.1) is 0 Å². The third kappa shape index (κ3) is 2.68. The zero-order valence-corrected chi connectivity index (χ0v) is 10.5. The number of hydrogen-bond acceptors (Lipinski definition) is 2. The first-order valence-corrected chi connectivity index (χ1v) is 6.38. The minimum atomic E-state index is -0.766. The lowest BCUT2D eigenvalue weighted by Crippen LogP contribution is -2.12. The van der Waals surface area contributed by atoms with Gasteiger partial charge in [0.15, 0.2) is 0 Å². The van der Waals surface area contributed by atoms with Gasteiger partial charge in [-0.3, -0.25) is 4.79 Å². The Bertz CT molecular complexity index is 406. The highest BCUT2D eigenvalue weighted by molar-refractivity contribution is 5.66. The van der Waals surface area contributed by atoms with Crippen molar-refractivity contribution in [1.82, 2.24) is 9.97 Å². The average Bonchev–Trinajstić information content (AvgIpc) is 2.56. The number of imidazole rings is 1. The van der Waals surface area contributed by atoms with Crippen molar-refractivity contribution < 1.29 is 9.90 Å². The molecular formula is C13H20N2O2. The number of aryl methyl sites for hydroxylation is 1. The molecule has 0 radical (unpaired) electrons. The normalized spacial score (nSPS) is 16.2. The van der Waals surface area contributed by atoms with Crippen LogP contribution in [0.3, 0.4) is 0 Å². The maximum absolute atomic E-state index is 10.6. The Morgan fingerprint density at radius 2 is 2.24 bits per heavy atom. The highest BCUT2D eigenvalue weighted by Crippen LogP contribution is 2.38. The van der Waals surface area contributed by atoms with Gasteiger partial charge in [0.05, 0.1) is 12.1 Å². The number of hydrogen-bond donors (Lipinski definition) is 2. The van der Waals surface area contributed by atoms with Crippen molar-refractivity contribution in [3.8, 4) is 0 Å². The van der Waals surface area contributed by atoms with E-state index in [9.17, 15) is 4.79 Å². The SMILES string of the molecule is CC(C)c1nc(CCC(=O)O)[nH]c1C1CCC1. The highest BCUT2D eigenvalue weighted by Gasteiger charge is 2.26. The van der Waals surface area contributed by atoms with E-state index >= 15 is 0 Å². The Balaban J connectivity index is 2.15. The standard InChI is InChI=1S/C13H20N2O2/c1-8(2)12-13(9-4-3-5-9)15-10(14-12)6-7-11(16)17/h8-9H,3-7H2,1-2H3,(H,14,15)(H,16,17). The summed E-state index contributed by atoms with van der Waals surface area (Å²) in [6, 6.07) is 0. The first-order chi connectivity index (χ1) is 8.08. The number of aromatic amines is 1. The molecule has 0 aliphatic heterocycles. The number of aliphatic carboxylic acids is 1. The van der Waals surface area contributed by atoms with Crippen LogP contribution in [0.5, 0.6) is 0 Å². The molecule has 0 atom stereocenters. The molecular weight excluding hydrogens is 216 g/mol. The molecule has 0 aromatic carbocycles. The summed E-state index contributed by atoms with van der Waals surface area (Å²) in [5.74, 6) is 1.09. The van der Waals surface area contributed by atoms with E-state index in [0.717, 1.165) is 11.5 Å². The number of H-pyrrole nitrogens is 1. The lowest BCUT2D eigenvalue weighted by Gasteiger charge is -2.25. The number of carboxylic acid groups (broad SMARTS) is 1. The quantitative estimate of drug-likeness (QED) is 0.826. The van der Waals surface area contributed by atoms with E-state index in [1.54, 1.807) is 0 Å². The lowest BCUT2D eigenvalue weighted by atomic mass is 9.81. The van der Waals surface area contributed by atoms with Crippen molar-refractivity contribution in [2.45, 2.75) is 57.8 Å². The summed E-state index contributed by atoms with van der Waals surface area (Å²) < 4.78 is 0. The molecule has 1 aliphatic rings. The van der Waals surface area contributed by atoms with Crippen LogP contribution in [-0.2, 0) is 11.2 Å². The predicted octanol–water partition coefficient (Wildman–Crippen LogP) is 2.82. The van der Waals surface area contributed by atoms with E-state index in [-0.39, 0.29) is 6.42 Å². The molecule has 1 aromatic heterocycles. The number of rotatable bonds is 5. The van der Waals surface area contributed by atoms with E-state index in [4.69, 9.17) is 5.11 Å². The van der Waals surface area contributed by atoms with Gasteiger partial charge in [-0.15, -0.1) is 0 Å². The van der Waals surface area contributed by atoms with Gasteiger partial charge in [-0.05, 0) is 18.8 Å². The second kappa shape index (κ2) is 4.90. The van der Waals surface area contributed by atoms with Crippen molar-refractivity contribution in [3.05, 3.63) is 17.2 Å². The fourth-order valence-electron chi connectivity index (χ4n) is 2.25. The summed E-state index contributed by atoms with van der Waals surface area (Å²) in [7, 11) is 0. The molecule has 1 aromatic rings. The summed E-state index contributed by atoms with van der Waals surface area (Å²) in [5, 5.41) is 8.68. The number of nitrogens with one attached hydrogen (secondary N) is 1. The Kier molecular flexibility index (Phi) is 3.50. The first-order valence-electron chi connectivity index (χ1n) is 6.38. The van der Waals surface area contributed by atoms with E-state index < -0.39 is 5.97 Å². The van der Waals surface area contributed by atoms with Crippen LogP contribution < -0.4 is 0 Å². The van der Waals surface area contributed by atoms with Crippen LogP contribution in [0.4, 0.5) is 0 Å². The molecule has 0 unspecified atom stereocenters. The van der Waals surface area contributed by atoms with Gasteiger partial charge in [0.25, 0.3) is 0 Å². The maximum Gasteiger partial charge on any atom is 0.303 e. The molecule has 1 aliphatic carbocycles. The number of aromatic nitrogens is 2. The van der Waals surface area contributed by atoms with Gasteiger partial charge in [0.1, 0.15) is 5.82 Å². The van der Waals surface area contributed by atoms with Crippen LogP contribution >= 0.6 is 0 Å². The molecule has 94 valence electrons. The predicted molar refractivity (Wildman–Crippen MR) is 65.2 cm³/mol. The second-order valence-corrected chi connectivity index (χ2v) is 5.16. The molecule has 0 amide bonds. The summed E-state index contributed by atoms with van der Waals surface area (Å²) in [4.78, 5) is 18.5. The molecule has 4 heteroatoms. The van der Waals surface area contributed by atoms with Gasteiger partial charge in [-0.25, -0.2) is 4.98 Å². The topological polar surface area (TPSA) is 66.0 Å². The Hall–Kier alpha value is -1.32. The minimum absolute atomic E-state index is 0.148. The van der Waals surface area contributed by atoms with E-state index in [1.165, 1.54) is 25.0 Å². The average molecular weight is 236 g/mol. The highest BCUT2D eigenvalue weighted by atomic mass is 16.4. The van der Waals surface area contributed by atoms with Gasteiger partial charge < -0.3 is 10.1 Å². The molecule has 1 saturated carbocycles. The fraction of sp³-hybridized carbons (Fsp3) is 0.692. The summed E-state index contributed by atoms with van der Waals surface area (Å²) in [5.41, 5.74) is 2.39. The van der Waals surface area contributed by atoms with Crippen LogP contribution in [0.1, 0.15) is 68.6 Å². The monoisotopic (exact) mass is 236 g/mol. The fourth-order valence-corrected chi connectivity index (χ4v) is 2.25. The Morgan fingerprint density at radius 1 is 1.53 bits per heavy atom. The van der Waals surface area contributed by atoms with Gasteiger partial charge in [0.2, 0.25) is 0 Å². The summed E-state index contributed by atoms with van der Waals surface area (Å²) in [6.45, 7) is 4.28. The zero-order valence-electron chi connectivity index (χ0n) is 10.5. The molecule has 1 fully saturated rings. The molecule has 0 spiro atoms. The molecule has 1 heterocycles. The number of nitrogens with zero attached hydrogens (tertiary/aromatic N) is 1. The zero-order chi connectivity index (χ0) is 12.4. The van der Waals surface area contributed by atoms with Crippen molar-refractivity contribution in [2.24, 2.45) is 0 Å². The van der Waals surface area contributed by atoms with Gasteiger partial charge in [-0.2, -0.15) is 0 Å². The third-order valence-corrected chi connectivity index (χ3v) is 3.45. The number of carboxylic acids is 1. The lowest BCUT2D eigenvalue weighted by molar-refractivity contribution is -0.137. The van der Waals surface area contributed by atoms with Crippen molar-refractivity contribution in [2.75, 3.05) is 0 Å².